The smallest absolute Gasteiger partial charge is 0.224 e. The second kappa shape index (κ2) is 8.96. The summed E-state index contributed by atoms with van der Waals surface area (Å²) in [6.07, 6.45) is 6.80. The average molecular weight is 341 g/mol. The van der Waals surface area contributed by atoms with E-state index in [-0.39, 0.29) is 11.8 Å². The minimum atomic E-state index is -0.790. The summed E-state index contributed by atoms with van der Waals surface area (Å²) in [4.78, 5) is 14.7. The van der Waals surface area contributed by atoms with Gasteiger partial charge in [-0.3, -0.25) is 9.69 Å². The maximum atomic E-state index is 12.6. The predicted octanol–water partition coefficient (Wildman–Crippen LogP) is 1.73. The van der Waals surface area contributed by atoms with Crippen LogP contribution in [0, 0.1) is 29.6 Å². The number of ether oxygens (including phenoxy) is 2. The van der Waals surface area contributed by atoms with Crippen LogP contribution in [0.3, 0.4) is 0 Å². The Hall–Kier alpha value is -2.70. The molecule has 0 unspecified atom stereocenters. The molecular weight excluding hydrogens is 318 g/mol. The lowest BCUT2D eigenvalue weighted by molar-refractivity contribution is -0.126. The van der Waals surface area contributed by atoms with E-state index in [1.807, 2.05) is 0 Å². The zero-order valence-electron chi connectivity index (χ0n) is 14.6. The van der Waals surface area contributed by atoms with Crippen LogP contribution >= 0.6 is 0 Å². The Bertz CT molecular complexity index is 682. The number of hydrogen-bond acceptors (Lipinski definition) is 5. The Morgan fingerprint density at radius 2 is 2.12 bits per heavy atom. The summed E-state index contributed by atoms with van der Waals surface area (Å²) in [5, 5.41) is 12.4. The molecule has 132 valence electrons. The lowest BCUT2D eigenvalue weighted by atomic mass is 9.95. The molecule has 0 spiro atoms. The molecule has 0 aliphatic carbocycles. The number of amides is 1. The maximum absolute atomic E-state index is 12.6. The van der Waals surface area contributed by atoms with Gasteiger partial charge in [-0.15, -0.1) is 6.42 Å². The summed E-state index contributed by atoms with van der Waals surface area (Å²) in [5.74, 6) is 3.38. The number of benzene rings is 1. The monoisotopic (exact) mass is 341 g/mol. The summed E-state index contributed by atoms with van der Waals surface area (Å²) in [6.45, 7) is 2.19. The van der Waals surface area contributed by atoms with Crippen molar-refractivity contribution in [2.24, 2.45) is 5.92 Å². The zero-order valence-corrected chi connectivity index (χ0v) is 14.6. The Kier molecular flexibility index (Phi) is 6.68. The molecule has 1 fully saturated rings. The minimum Gasteiger partial charge on any atom is -0.493 e. The van der Waals surface area contributed by atoms with E-state index in [0.717, 1.165) is 25.9 Å². The van der Waals surface area contributed by atoms with E-state index >= 15 is 0 Å². The number of nitrogens with one attached hydrogen (secondary N) is 1. The second-order valence-electron chi connectivity index (χ2n) is 5.91. The van der Waals surface area contributed by atoms with Crippen molar-refractivity contribution in [1.29, 1.82) is 5.26 Å². The number of carbonyl (C=O) groups excluding carboxylic acids is 1. The van der Waals surface area contributed by atoms with Gasteiger partial charge in [0.2, 0.25) is 5.91 Å². The first-order chi connectivity index (χ1) is 12.1. The number of methoxy groups -OCH3 is 2. The van der Waals surface area contributed by atoms with Crippen molar-refractivity contribution in [2.45, 2.75) is 18.9 Å². The van der Waals surface area contributed by atoms with Crippen molar-refractivity contribution < 1.29 is 14.3 Å². The standard InChI is InChI=1S/C19H23N3O3/c1-4-10-22-11-8-14(9-12-22)19(23)21-16(13-20)15-6-5-7-17(24-2)18(15)25-3/h1,5-7,14,16H,8-12H2,2-3H3,(H,21,23)/t16-/m1/s1. The highest BCUT2D eigenvalue weighted by Gasteiger charge is 2.28. The molecule has 1 amide bonds. The van der Waals surface area contributed by atoms with Crippen LogP contribution in [0.2, 0.25) is 0 Å². The van der Waals surface area contributed by atoms with Crippen LogP contribution in [0.25, 0.3) is 0 Å². The van der Waals surface area contributed by atoms with E-state index < -0.39 is 6.04 Å². The molecule has 1 aliphatic heterocycles. The van der Waals surface area contributed by atoms with Crippen LogP contribution in [-0.2, 0) is 4.79 Å². The van der Waals surface area contributed by atoms with Crippen molar-refractivity contribution >= 4 is 5.91 Å². The maximum Gasteiger partial charge on any atom is 0.224 e. The molecule has 0 saturated carbocycles. The molecule has 1 heterocycles. The van der Waals surface area contributed by atoms with E-state index in [2.05, 4.69) is 22.2 Å². The number of rotatable bonds is 6. The topological polar surface area (TPSA) is 74.6 Å². The first-order valence-electron chi connectivity index (χ1n) is 8.21. The summed E-state index contributed by atoms with van der Waals surface area (Å²) < 4.78 is 10.6. The number of nitriles is 1. The number of terminal acetylenes is 1. The van der Waals surface area contributed by atoms with E-state index in [1.165, 1.54) is 14.2 Å². The van der Waals surface area contributed by atoms with Gasteiger partial charge < -0.3 is 14.8 Å². The molecule has 2 rings (SSSR count). The molecule has 0 bridgehead atoms. The molecule has 6 nitrogen and oxygen atoms in total. The number of piperidine rings is 1. The fourth-order valence-electron chi connectivity index (χ4n) is 3.06. The lowest BCUT2D eigenvalue weighted by Crippen LogP contribution is -2.41. The van der Waals surface area contributed by atoms with Gasteiger partial charge in [0, 0.05) is 11.5 Å². The van der Waals surface area contributed by atoms with Crippen molar-refractivity contribution in [1.82, 2.24) is 10.2 Å². The predicted molar refractivity (Wildman–Crippen MR) is 94.0 cm³/mol. The van der Waals surface area contributed by atoms with Gasteiger partial charge >= 0.3 is 0 Å². The molecule has 6 heteroatoms. The van der Waals surface area contributed by atoms with Crippen LogP contribution < -0.4 is 14.8 Å². The number of carbonyl (C=O) groups is 1. The first-order valence-corrected chi connectivity index (χ1v) is 8.21. The molecule has 25 heavy (non-hydrogen) atoms. The van der Waals surface area contributed by atoms with Crippen LogP contribution in [0.15, 0.2) is 18.2 Å². The van der Waals surface area contributed by atoms with Crippen molar-refractivity contribution in [3.8, 4) is 29.9 Å². The second-order valence-corrected chi connectivity index (χ2v) is 5.91. The average Bonchev–Trinajstić information content (AvgIpc) is 2.66. The Balaban J connectivity index is 2.07. The van der Waals surface area contributed by atoms with E-state index in [9.17, 15) is 10.1 Å². The van der Waals surface area contributed by atoms with E-state index in [1.54, 1.807) is 18.2 Å². The molecule has 1 saturated heterocycles. The van der Waals surface area contributed by atoms with Gasteiger partial charge in [-0.25, -0.2) is 0 Å². The SMILES string of the molecule is C#CCN1CCC(C(=O)N[C@H](C#N)c2cccc(OC)c2OC)CC1. The summed E-state index contributed by atoms with van der Waals surface area (Å²) >= 11 is 0. The number of hydrogen-bond donors (Lipinski definition) is 1. The number of nitrogens with zero attached hydrogens (tertiary/aromatic N) is 2. The molecular formula is C19H23N3O3. The quantitative estimate of drug-likeness (QED) is 0.798. The highest BCUT2D eigenvalue weighted by Crippen LogP contribution is 2.34. The highest BCUT2D eigenvalue weighted by molar-refractivity contribution is 5.79. The molecule has 1 atom stereocenters. The molecule has 0 radical (unpaired) electrons. The van der Waals surface area contributed by atoms with Gasteiger partial charge in [0.1, 0.15) is 6.04 Å². The Morgan fingerprint density at radius 3 is 2.68 bits per heavy atom. The molecule has 0 aromatic heterocycles. The fourth-order valence-corrected chi connectivity index (χ4v) is 3.06. The molecule has 1 aliphatic rings. The normalized spacial score (nSPS) is 16.3. The highest BCUT2D eigenvalue weighted by atomic mass is 16.5. The van der Waals surface area contributed by atoms with Crippen LogP contribution in [0.1, 0.15) is 24.4 Å². The van der Waals surface area contributed by atoms with Gasteiger partial charge in [0.25, 0.3) is 0 Å². The Morgan fingerprint density at radius 1 is 1.40 bits per heavy atom. The zero-order chi connectivity index (χ0) is 18.2. The van der Waals surface area contributed by atoms with Gasteiger partial charge in [-0.05, 0) is 32.0 Å². The fraction of sp³-hybridized carbons (Fsp3) is 0.474. The summed E-state index contributed by atoms with van der Waals surface area (Å²) in [7, 11) is 3.05. The van der Waals surface area contributed by atoms with Gasteiger partial charge in [-0.2, -0.15) is 5.26 Å². The molecule has 1 aromatic rings. The largest absolute Gasteiger partial charge is 0.493 e. The first kappa shape index (κ1) is 18.6. The van der Waals surface area contributed by atoms with Gasteiger partial charge in [0.15, 0.2) is 11.5 Å². The molecule has 1 N–H and O–H groups in total. The summed E-state index contributed by atoms with van der Waals surface area (Å²) in [5.41, 5.74) is 0.586. The Labute approximate surface area is 148 Å². The van der Waals surface area contributed by atoms with Gasteiger partial charge in [0.05, 0.1) is 26.8 Å². The van der Waals surface area contributed by atoms with Crippen molar-refractivity contribution in [3.05, 3.63) is 23.8 Å². The molecule has 1 aromatic carbocycles. The van der Waals surface area contributed by atoms with Gasteiger partial charge in [-0.1, -0.05) is 18.1 Å². The third kappa shape index (κ3) is 4.43. The van der Waals surface area contributed by atoms with E-state index in [4.69, 9.17) is 15.9 Å². The van der Waals surface area contributed by atoms with Crippen LogP contribution in [0.4, 0.5) is 0 Å². The minimum absolute atomic E-state index is 0.110. The summed E-state index contributed by atoms with van der Waals surface area (Å²) in [6, 6.07) is 6.62. The lowest BCUT2D eigenvalue weighted by Gasteiger charge is -2.30. The van der Waals surface area contributed by atoms with E-state index in [0.29, 0.717) is 23.6 Å². The number of para-hydroxylation sites is 1. The third-order valence-corrected chi connectivity index (χ3v) is 4.43. The van der Waals surface area contributed by atoms with Crippen LogP contribution in [0.5, 0.6) is 11.5 Å². The van der Waals surface area contributed by atoms with Crippen LogP contribution in [-0.4, -0.2) is 44.7 Å². The number of likely N-dealkylation sites (tertiary alicyclic amines) is 1. The van der Waals surface area contributed by atoms with Crippen molar-refractivity contribution in [2.75, 3.05) is 33.9 Å². The third-order valence-electron chi connectivity index (χ3n) is 4.43. The van der Waals surface area contributed by atoms with Crippen molar-refractivity contribution in [3.63, 3.8) is 0 Å².